The molecule has 1 saturated heterocycles. The van der Waals surface area contributed by atoms with Gasteiger partial charge in [0.1, 0.15) is 0 Å². The summed E-state index contributed by atoms with van der Waals surface area (Å²) in [6.45, 7) is 2.11. The van der Waals surface area contributed by atoms with Crippen LogP contribution in [0.5, 0.6) is 0 Å². The predicted molar refractivity (Wildman–Crippen MR) is 144 cm³/mol. The molecule has 10 nitrogen and oxygen atoms in total. The lowest BCUT2D eigenvalue weighted by Crippen LogP contribution is -2.24. The number of ether oxygens (including phenoxy) is 1. The SMILES string of the molecule is CNCc1ccc(-c2nnc(-c3nc(-c4ccc(S(=O)C5CCOCC5)cc4)cnc3N)o2)cc1.O.[HH].[HH].[HH]. The molecule has 4 aromatic rings. The highest BCUT2D eigenvalue weighted by Crippen LogP contribution is 2.29. The maximum atomic E-state index is 12.9. The van der Waals surface area contributed by atoms with E-state index in [9.17, 15) is 4.21 Å². The molecular weight excluding hydrogens is 480 g/mol. The molecular formula is C25H34N6O4S. The molecule has 0 saturated carbocycles. The van der Waals surface area contributed by atoms with Crippen LogP contribution in [0.2, 0.25) is 0 Å². The fourth-order valence-electron chi connectivity index (χ4n) is 3.94. The summed E-state index contributed by atoms with van der Waals surface area (Å²) < 4.78 is 24.1. The number of aromatic nitrogens is 4. The minimum Gasteiger partial charge on any atom is -0.414 e. The van der Waals surface area contributed by atoms with E-state index in [1.807, 2.05) is 55.6 Å². The third-order valence-corrected chi connectivity index (χ3v) is 7.68. The fraction of sp³-hybridized carbons (Fsp3) is 0.280. The van der Waals surface area contributed by atoms with E-state index in [0.717, 1.165) is 41.0 Å². The topological polar surface area (TPSA) is 161 Å². The van der Waals surface area contributed by atoms with Gasteiger partial charge in [-0.3, -0.25) is 4.21 Å². The quantitative estimate of drug-likeness (QED) is 0.377. The molecule has 36 heavy (non-hydrogen) atoms. The zero-order chi connectivity index (χ0) is 24.2. The number of rotatable bonds is 7. The van der Waals surface area contributed by atoms with Gasteiger partial charge in [-0.2, -0.15) is 0 Å². The van der Waals surface area contributed by atoms with Crippen molar-refractivity contribution in [2.45, 2.75) is 29.5 Å². The first kappa shape index (κ1) is 25.6. The Labute approximate surface area is 215 Å². The van der Waals surface area contributed by atoms with Gasteiger partial charge >= 0.3 is 0 Å². The second-order valence-corrected chi connectivity index (χ2v) is 10.00. The molecule has 1 unspecified atom stereocenters. The largest absolute Gasteiger partial charge is 0.414 e. The molecule has 0 aliphatic carbocycles. The first-order valence-corrected chi connectivity index (χ1v) is 12.6. The predicted octanol–water partition coefficient (Wildman–Crippen LogP) is 3.36. The molecule has 194 valence electrons. The first-order chi connectivity index (χ1) is 17.1. The van der Waals surface area contributed by atoms with Crippen molar-refractivity contribution in [3.8, 4) is 34.3 Å². The Morgan fingerprint density at radius 1 is 1.03 bits per heavy atom. The van der Waals surface area contributed by atoms with Crippen LogP contribution in [0, 0.1) is 0 Å². The molecule has 0 bridgehead atoms. The van der Waals surface area contributed by atoms with Crippen LogP contribution in [0.1, 0.15) is 22.7 Å². The van der Waals surface area contributed by atoms with Crippen molar-refractivity contribution in [1.82, 2.24) is 25.5 Å². The Balaban J connectivity index is 0.00000190. The number of hydrogen-bond acceptors (Lipinski definition) is 9. The van der Waals surface area contributed by atoms with Gasteiger partial charge in [-0.25, -0.2) is 9.97 Å². The number of nitrogens with two attached hydrogens (primary N) is 1. The van der Waals surface area contributed by atoms with Crippen LogP contribution >= 0.6 is 0 Å². The number of anilines is 1. The van der Waals surface area contributed by atoms with Crippen molar-refractivity contribution >= 4 is 16.6 Å². The van der Waals surface area contributed by atoms with Gasteiger partial charge in [-0.05, 0) is 49.7 Å². The Morgan fingerprint density at radius 3 is 2.39 bits per heavy atom. The maximum Gasteiger partial charge on any atom is 0.270 e. The third kappa shape index (κ3) is 5.49. The van der Waals surface area contributed by atoms with E-state index in [1.165, 1.54) is 0 Å². The standard InChI is InChI=1S/C25H26N6O3S.H2O.3H2/c1-27-14-16-2-4-18(5-3-16)24-30-31-25(34-24)22-23(26)28-15-21(29-22)17-6-8-19(9-7-17)35(32)20-10-12-33-13-11-20;;;;/h2-9,15,20,27H,10-14H2,1H3,(H2,26,28);1H2;3*1H. The summed E-state index contributed by atoms with van der Waals surface area (Å²) in [7, 11) is 0.840. The summed E-state index contributed by atoms with van der Waals surface area (Å²) >= 11 is 0. The second kappa shape index (κ2) is 11.5. The molecule has 2 aromatic heterocycles. The minimum atomic E-state index is -1.06. The van der Waals surface area contributed by atoms with E-state index in [-0.39, 0.29) is 26.7 Å². The van der Waals surface area contributed by atoms with Crippen molar-refractivity contribution in [3.05, 3.63) is 60.3 Å². The van der Waals surface area contributed by atoms with E-state index < -0.39 is 10.8 Å². The molecule has 5 rings (SSSR count). The second-order valence-electron chi connectivity index (χ2n) is 8.26. The van der Waals surface area contributed by atoms with Crippen LogP contribution in [0.15, 0.2) is 64.0 Å². The summed E-state index contributed by atoms with van der Waals surface area (Å²) in [6, 6.07) is 15.4. The van der Waals surface area contributed by atoms with Crippen molar-refractivity contribution in [3.63, 3.8) is 0 Å². The van der Waals surface area contributed by atoms with E-state index in [2.05, 4.69) is 25.5 Å². The van der Waals surface area contributed by atoms with Crippen LogP contribution < -0.4 is 11.1 Å². The number of hydrogen-bond donors (Lipinski definition) is 2. The number of nitrogens with one attached hydrogen (secondary N) is 1. The molecule has 1 atom stereocenters. The van der Waals surface area contributed by atoms with Gasteiger partial charge in [0.15, 0.2) is 11.5 Å². The van der Waals surface area contributed by atoms with E-state index in [4.69, 9.17) is 14.9 Å². The van der Waals surface area contributed by atoms with Gasteiger partial charge in [0, 0.05) is 45.3 Å². The monoisotopic (exact) mass is 514 g/mol. The van der Waals surface area contributed by atoms with Gasteiger partial charge in [-0.1, -0.05) is 24.3 Å². The lowest BCUT2D eigenvalue weighted by molar-refractivity contribution is 0.0992. The molecule has 5 N–H and O–H groups in total. The average molecular weight is 515 g/mol. The molecule has 0 amide bonds. The Hall–Kier alpha value is -3.51. The molecule has 1 aliphatic heterocycles. The lowest BCUT2D eigenvalue weighted by atomic mass is 10.1. The van der Waals surface area contributed by atoms with Gasteiger partial charge < -0.3 is 25.7 Å². The van der Waals surface area contributed by atoms with Crippen LogP contribution in [0.25, 0.3) is 34.3 Å². The van der Waals surface area contributed by atoms with E-state index >= 15 is 0 Å². The van der Waals surface area contributed by atoms with Gasteiger partial charge in [0.2, 0.25) is 5.89 Å². The van der Waals surface area contributed by atoms with Crippen molar-refractivity contribution in [1.29, 1.82) is 0 Å². The molecule has 0 spiro atoms. The Kier molecular flexibility index (Phi) is 8.16. The average Bonchev–Trinajstić information content (AvgIpc) is 3.40. The Morgan fingerprint density at radius 2 is 1.69 bits per heavy atom. The van der Waals surface area contributed by atoms with Crippen molar-refractivity contribution in [2.24, 2.45) is 0 Å². The van der Waals surface area contributed by atoms with Crippen molar-refractivity contribution < 1.29 is 23.1 Å². The zero-order valence-electron chi connectivity index (χ0n) is 19.8. The van der Waals surface area contributed by atoms with E-state index in [0.29, 0.717) is 30.5 Å². The maximum absolute atomic E-state index is 12.9. The van der Waals surface area contributed by atoms with E-state index in [1.54, 1.807) is 6.20 Å². The molecule has 1 fully saturated rings. The van der Waals surface area contributed by atoms with Crippen molar-refractivity contribution in [2.75, 3.05) is 26.0 Å². The molecule has 1 aliphatic rings. The summed E-state index contributed by atoms with van der Waals surface area (Å²) in [4.78, 5) is 9.72. The number of nitrogens with zero attached hydrogens (tertiary/aromatic N) is 4. The van der Waals surface area contributed by atoms with Gasteiger partial charge in [-0.15, -0.1) is 10.2 Å². The molecule has 2 aromatic carbocycles. The van der Waals surface area contributed by atoms with Crippen LogP contribution in [0.3, 0.4) is 0 Å². The number of benzene rings is 2. The minimum absolute atomic E-state index is 0. The first-order valence-electron chi connectivity index (χ1n) is 11.4. The lowest BCUT2D eigenvalue weighted by Gasteiger charge is -2.21. The summed E-state index contributed by atoms with van der Waals surface area (Å²) in [5, 5.41) is 11.5. The Bertz CT molecular complexity index is 1340. The van der Waals surface area contributed by atoms with Crippen LogP contribution in [-0.4, -0.2) is 55.4 Å². The molecule has 3 heterocycles. The smallest absolute Gasteiger partial charge is 0.270 e. The van der Waals surface area contributed by atoms with Crippen LogP contribution in [0.4, 0.5) is 5.82 Å². The summed E-state index contributed by atoms with van der Waals surface area (Å²) in [6.07, 6.45) is 3.22. The van der Waals surface area contributed by atoms with Gasteiger partial charge in [0.05, 0.1) is 22.7 Å². The highest BCUT2D eigenvalue weighted by molar-refractivity contribution is 7.85. The normalized spacial score (nSPS) is 14.8. The molecule has 11 heteroatoms. The summed E-state index contributed by atoms with van der Waals surface area (Å²) in [5.74, 6) is 0.775. The summed E-state index contributed by atoms with van der Waals surface area (Å²) in [5.41, 5.74) is 9.80. The highest BCUT2D eigenvalue weighted by Gasteiger charge is 2.22. The third-order valence-electron chi connectivity index (χ3n) is 5.86. The fourth-order valence-corrected chi connectivity index (χ4v) is 5.35. The molecule has 0 radical (unpaired) electrons. The van der Waals surface area contributed by atoms with Crippen LogP contribution in [-0.2, 0) is 22.1 Å². The highest BCUT2D eigenvalue weighted by atomic mass is 32.2. The van der Waals surface area contributed by atoms with Gasteiger partial charge in [0.25, 0.3) is 5.89 Å². The zero-order valence-corrected chi connectivity index (χ0v) is 20.6. The number of nitrogen functional groups attached to an aromatic ring is 1.